The second-order valence-corrected chi connectivity index (χ2v) is 4.44. The van der Waals surface area contributed by atoms with Gasteiger partial charge < -0.3 is 0 Å². The number of hydrogen-bond acceptors (Lipinski definition) is 1. The smallest absolute Gasteiger partial charge is 0.152 e. The summed E-state index contributed by atoms with van der Waals surface area (Å²) in [5.74, 6) is 0.127. The van der Waals surface area contributed by atoms with Gasteiger partial charge in [-0.05, 0) is 45.1 Å². The molecule has 0 aromatic carbocycles. The zero-order valence-electron chi connectivity index (χ0n) is 10.1. The molecule has 0 N–H and O–H groups in total. The molecule has 0 saturated heterocycles. The van der Waals surface area contributed by atoms with Crippen molar-refractivity contribution < 1.29 is 4.79 Å². The highest BCUT2D eigenvalue weighted by Crippen LogP contribution is 2.28. The van der Waals surface area contributed by atoms with Gasteiger partial charge >= 0.3 is 0 Å². The maximum absolute atomic E-state index is 10.8. The van der Waals surface area contributed by atoms with E-state index in [0.29, 0.717) is 0 Å². The molecule has 0 aliphatic heterocycles. The van der Waals surface area contributed by atoms with Crippen molar-refractivity contribution in [2.75, 3.05) is 0 Å². The molecule has 80 valence electrons. The van der Waals surface area contributed by atoms with Crippen LogP contribution in [0.2, 0.25) is 0 Å². The highest BCUT2D eigenvalue weighted by molar-refractivity contribution is 5.87. The van der Waals surface area contributed by atoms with Crippen molar-refractivity contribution in [3.8, 4) is 0 Å². The van der Waals surface area contributed by atoms with Crippen molar-refractivity contribution in [3.63, 3.8) is 0 Å². The third kappa shape index (κ3) is 5.74. The Morgan fingerprint density at radius 1 is 1.29 bits per heavy atom. The third-order valence-corrected chi connectivity index (χ3v) is 2.50. The predicted molar refractivity (Wildman–Crippen MR) is 62.3 cm³/mol. The second-order valence-electron chi connectivity index (χ2n) is 4.44. The molecule has 0 aromatic rings. The molecule has 0 aromatic heterocycles. The number of allylic oxidation sites excluding steroid dienone is 4. The van der Waals surface area contributed by atoms with Gasteiger partial charge in [-0.2, -0.15) is 0 Å². The van der Waals surface area contributed by atoms with Crippen LogP contribution in [0, 0.1) is 5.41 Å². The van der Waals surface area contributed by atoms with Crippen LogP contribution in [0.15, 0.2) is 23.8 Å². The number of carbonyl (C=O) groups excluding carboxylic acids is 1. The zero-order valence-corrected chi connectivity index (χ0v) is 10.1. The fourth-order valence-corrected chi connectivity index (χ4v) is 1.09. The molecule has 0 spiro atoms. The fraction of sp³-hybridized carbons (Fsp3) is 0.615. The molecule has 0 rings (SSSR count). The fourth-order valence-electron chi connectivity index (χ4n) is 1.09. The van der Waals surface area contributed by atoms with E-state index in [-0.39, 0.29) is 11.2 Å². The minimum absolute atomic E-state index is 0.127. The van der Waals surface area contributed by atoms with E-state index in [1.807, 2.05) is 6.08 Å². The molecule has 1 atom stereocenters. The van der Waals surface area contributed by atoms with Crippen LogP contribution < -0.4 is 0 Å². The molecule has 0 amide bonds. The van der Waals surface area contributed by atoms with Crippen LogP contribution in [0.25, 0.3) is 0 Å². The van der Waals surface area contributed by atoms with Crippen LogP contribution in [0.5, 0.6) is 0 Å². The molecular weight excluding hydrogens is 172 g/mol. The summed E-state index contributed by atoms with van der Waals surface area (Å²) in [6.45, 7) is 10.1. The predicted octanol–water partition coefficient (Wildman–Crippen LogP) is 3.90. The zero-order chi connectivity index (χ0) is 11.2. The molecule has 1 nitrogen and oxygen atoms in total. The molecule has 0 heterocycles. The molecule has 0 fully saturated rings. The highest BCUT2D eigenvalue weighted by Gasteiger charge is 2.16. The first-order valence-electron chi connectivity index (χ1n) is 5.23. The lowest BCUT2D eigenvalue weighted by Gasteiger charge is -2.22. The van der Waals surface area contributed by atoms with Gasteiger partial charge in [-0.1, -0.05) is 31.6 Å². The first kappa shape index (κ1) is 13.2. The van der Waals surface area contributed by atoms with Gasteiger partial charge in [-0.25, -0.2) is 0 Å². The average molecular weight is 194 g/mol. The van der Waals surface area contributed by atoms with Gasteiger partial charge in [-0.3, -0.25) is 4.79 Å². The van der Waals surface area contributed by atoms with Crippen LogP contribution in [0.3, 0.4) is 0 Å². The Bertz CT molecular complexity index is 244. The van der Waals surface area contributed by atoms with Crippen LogP contribution in [-0.2, 0) is 4.79 Å². The van der Waals surface area contributed by atoms with E-state index < -0.39 is 0 Å². The largest absolute Gasteiger partial charge is 0.295 e. The standard InChI is InChI=1S/C13H22O/c1-6-13(5,9-7-11(2)3)10-8-12(4)14/h7-8,10H,6,9H2,1-5H3/b10-8+. The van der Waals surface area contributed by atoms with Crippen molar-refractivity contribution in [2.24, 2.45) is 5.41 Å². The summed E-state index contributed by atoms with van der Waals surface area (Å²) in [6, 6.07) is 0. The van der Waals surface area contributed by atoms with Crippen molar-refractivity contribution in [1.29, 1.82) is 0 Å². The van der Waals surface area contributed by atoms with Gasteiger partial charge in [0.05, 0.1) is 0 Å². The summed E-state index contributed by atoms with van der Waals surface area (Å²) in [7, 11) is 0. The molecule has 0 aliphatic carbocycles. The summed E-state index contributed by atoms with van der Waals surface area (Å²) in [5.41, 5.74) is 1.46. The summed E-state index contributed by atoms with van der Waals surface area (Å²) in [5, 5.41) is 0. The molecule has 0 radical (unpaired) electrons. The van der Waals surface area contributed by atoms with Crippen LogP contribution in [0.1, 0.15) is 47.5 Å². The Morgan fingerprint density at radius 2 is 1.86 bits per heavy atom. The van der Waals surface area contributed by atoms with Crippen molar-refractivity contribution in [1.82, 2.24) is 0 Å². The van der Waals surface area contributed by atoms with Crippen molar-refractivity contribution in [2.45, 2.75) is 47.5 Å². The number of hydrogen-bond donors (Lipinski definition) is 0. The lowest BCUT2D eigenvalue weighted by molar-refractivity contribution is -0.112. The van der Waals surface area contributed by atoms with Gasteiger partial charge in [0.15, 0.2) is 5.78 Å². The second kappa shape index (κ2) is 5.79. The van der Waals surface area contributed by atoms with Crippen LogP contribution in [0.4, 0.5) is 0 Å². The third-order valence-electron chi connectivity index (χ3n) is 2.50. The topological polar surface area (TPSA) is 17.1 Å². The molecule has 1 unspecified atom stereocenters. The lowest BCUT2D eigenvalue weighted by Crippen LogP contribution is -2.10. The Labute approximate surface area is 87.9 Å². The number of ketones is 1. The quantitative estimate of drug-likeness (QED) is 0.479. The molecule has 14 heavy (non-hydrogen) atoms. The number of rotatable bonds is 5. The molecule has 1 heteroatoms. The van der Waals surface area contributed by atoms with E-state index in [1.54, 1.807) is 13.0 Å². The van der Waals surface area contributed by atoms with Crippen LogP contribution in [-0.4, -0.2) is 5.78 Å². The maximum atomic E-state index is 10.8. The Balaban J connectivity index is 4.47. The van der Waals surface area contributed by atoms with Gasteiger partial charge in [-0.15, -0.1) is 0 Å². The highest BCUT2D eigenvalue weighted by atomic mass is 16.1. The maximum Gasteiger partial charge on any atom is 0.152 e. The van der Waals surface area contributed by atoms with Gasteiger partial charge in [0.1, 0.15) is 0 Å². The summed E-state index contributed by atoms with van der Waals surface area (Å²) >= 11 is 0. The molecule has 0 saturated carbocycles. The minimum atomic E-state index is 0.127. The van der Waals surface area contributed by atoms with E-state index >= 15 is 0 Å². The van der Waals surface area contributed by atoms with E-state index in [1.165, 1.54) is 5.57 Å². The Morgan fingerprint density at radius 3 is 2.21 bits per heavy atom. The summed E-state index contributed by atoms with van der Waals surface area (Å²) in [4.78, 5) is 10.8. The first-order valence-corrected chi connectivity index (χ1v) is 5.23. The van der Waals surface area contributed by atoms with E-state index in [4.69, 9.17) is 0 Å². The van der Waals surface area contributed by atoms with Crippen molar-refractivity contribution >= 4 is 5.78 Å². The normalized spacial score (nSPS) is 15.2. The van der Waals surface area contributed by atoms with E-state index in [9.17, 15) is 4.79 Å². The minimum Gasteiger partial charge on any atom is -0.295 e. The van der Waals surface area contributed by atoms with E-state index in [0.717, 1.165) is 12.8 Å². The monoisotopic (exact) mass is 194 g/mol. The first-order chi connectivity index (χ1) is 6.39. The van der Waals surface area contributed by atoms with Crippen LogP contribution >= 0.6 is 0 Å². The van der Waals surface area contributed by atoms with Gasteiger partial charge in [0, 0.05) is 0 Å². The summed E-state index contributed by atoms with van der Waals surface area (Å²) < 4.78 is 0. The Hall–Kier alpha value is -0.850. The summed E-state index contributed by atoms with van der Waals surface area (Å²) in [6.07, 6.45) is 8.02. The lowest BCUT2D eigenvalue weighted by atomic mass is 9.83. The van der Waals surface area contributed by atoms with Crippen molar-refractivity contribution in [3.05, 3.63) is 23.8 Å². The Kier molecular flexibility index (Phi) is 5.44. The number of carbonyl (C=O) groups is 1. The SMILES string of the molecule is CCC(C)(/C=C/C(C)=O)CC=C(C)C. The van der Waals surface area contributed by atoms with E-state index in [2.05, 4.69) is 33.8 Å². The molecular formula is C13H22O. The average Bonchev–Trinajstić information content (AvgIpc) is 2.11. The van der Waals surface area contributed by atoms with Gasteiger partial charge in [0.2, 0.25) is 0 Å². The molecule has 0 bridgehead atoms. The molecule has 0 aliphatic rings. The van der Waals surface area contributed by atoms with Gasteiger partial charge in [0.25, 0.3) is 0 Å².